The maximum atomic E-state index is 11.8. The Bertz CT molecular complexity index is 622. The highest BCUT2D eigenvalue weighted by Crippen LogP contribution is 2.32. The molecule has 0 saturated carbocycles. The zero-order valence-corrected chi connectivity index (χ0v) is 9.60. The Balaban J connectivity index is 2.69. The van der Waals surface area contributed by atoms with Crippen molar-refractivity contribution < 1.29 is 18.1 Å². The third-order valence-electron chi connectivity index (χ3n) is 2.49. The fraction of sp³-hybridized carbons (Fsp3) is 0.222. The number of nitrogens with zero attached hydrogens (tertiary/aromatic N) is 2. The van der Waals surface area contributed by atoms with Crippen LogP contribution in [-0.2, 0) is 10.0 Å². The normalized spacial score (nSPS) is 17.0. The van der Waals surface area contributed by atoms with E-state index in [9.17, 15) is 23.3 Å². The number of fused-ring (bicyclic) bond motifs is 1. The summed E-state index contributed by atoms with van der Waals surface area (Å²) in [6.07, 6.45) is 0. The molecule has 0 bridgehead atoms. The number of carbonyl (C=O) groups is 1. The molecular weight excluding hydrogens is 248 g/mol. The van der Waals surface area contributed by atoms with E-state index in [4.69, 9.17) is 0 Å². The zero-order chi connectivity index (χ0) is 12.8. The minimum atomic E-state index is -3.83. The second-order valence-electron chi connectivity index (χ2n) is 3.41. The zero-order valence-electron chi connectivity index (χ0n) is 8.78. The number of carbonyl (C=O) groups excluding carboxylic acids is 1. The van der Waals surface area contributed by atoms with Crippen molar-refractivity contribution in [2.24, 2.45) is 0 Å². The van der Waals surface area contributed by atoms with Gasteiger partial charge in [-0.25, -0.2) is 12.7 Å². The van der Waals surface area contributed by atoms with Gasteiger partial charge in [-0.1, -0.05) is 0 Å². The highest BCUT2D eigenvalue weighted by molar-refractivity contribution is 7.90. The SMILES string of the molecule is CCN1C(=O)c2cc([N+](=O)[O-])ccc2S1(=O)=O. The summed E-state index contributed by atoms with van der Waals surface area (Å²) in [5, 5.41) is 10.6. The molecule has 1 aliphatic heterocycles. The summed E-state index contributed by atoms with van der Waals surface area (Å²) >= 11 is 0. The molecule has 2 rings (SSSR count). The number of nitro benzene ring substituents is 1. The molecule has 0 fully saturated rings. The molecule has 1 amide bonds. The first-order valence-electron chi connectivity index (χ1n) is 4.75. The first kappa shape index (κ1) is 11.5. The van der Waals surface area contributed by atoms with E-state index in [1.165, 1.54) is 6.92 Å². The second-order valence-corrected chi connectivity index (χ2v) is 5.24. The first-order valence-corrected chi connectivity index (χ1v) is 6.19. The largest absolute Gasteiger partial charge is 0.270 e. The Morgan fingerprint density at radius 2 is 2.06 bits per heavy atom. The maximum Gasteiger partial charge on any atom is 0.270 e. The van der Waals surface area contributed by atoms with Crippen molar-refractivity contribution in [2.75, 3.05) is 6.54 Å². The molecule has 0 unspecified atom stereocenters. The number of nitro groups is 1. The number of amides is 1. The Morgan fingerprint density at radius 1 is 1.41 bits per heavy atom. The molecule has 0 saturated heterocycles. The van der Waals surface area contributed by atoms with Crippen LogP contribution in [0.1, 0.15) is 17.3 Å². The molecule has 17 heavy (non-hydrogen) atoms. The number of non-ortho nitro benzene ring substituents is 1. The van der Waals surface area contributed by atoms with Gasteiger partial charge in [-0.05, 0) is 13.0 Å². The van der Waals surface area contributed by atoms with Crippen LogP contribution in [0, 0.1) is 10.1 Å². The summed E-state index contributed by atoms with van der Waals surface area (Å²) in [6, 6.07) is 3.16. The van der Waals surface area contributed by atoms with Crippen molar-refractivity contribution in [1.82, 2.24) is 4.31 Å². The number of rotatable bonds is 2. The highest BCUT2D eigenvalue weighted by atomic mass is 32.2. The molecule has 8 heteroatoms. The fourth-order valence-corrected chi connectivity index (χ4v) is 3.26. The topological polar surface area (TPSA) is 97.6 Å². The Kier molecular flexibility index (Phi) is 2.39. The van der Waals surface area contributed by atoms with Gasteiger partial charge in [0.05, 0.1) is 10.5 Å². The van der Waals surface area contributed by atoms with Crippen LogP contribution in [0.2, 0.25) is 0 Å². The molecule has 1 aliphatic rings. The van der Waals surface area contributed by atoms with Crippen molar-refractivity contribution in [2.45, 2.75) is 11.8 Å². The van der Waals surface area contributed by atoms with Gasteiger partial charge >= 0.3 is 0 Å². The van der Waals surface area contributed by atoms with E-state index < -0.39 is 20.9 Å². The number of hydrogen-bond donors (Lipinski definition) is 0. The van der Waals surface area contributed by atoms with E-state index in [2.05, 4.69) is 0 Å². The van der Waals surface area contributed by atoms with Crippen molar-refractivity contribution in [1.29, 1.82) is 0 Å². The molecule has 1 aromatic carbocycles. The third-order valence-corrected chi connectivity index (χ3v) is 4.40. The maximum absolute atomic E-state index is 11.8. The molecule has 0 aromatic heterocycles. The van der Waals surface area contributed by atoms with E-state index in [1.54, 1.807) is 0 Å². The van der Waals surface area contributed by atoms with Gasteiger partial charge in [0.1, 0.15) is 4.90 Å². The van der Waals surface area contributed by atoms with Gasteiger partial charge in [0.25, 0.3) is 21.6 Å². The summed E-state index contributed by atoms with van der Waals surface area (Å²) < 4.78 is 24.4. The van der Waals surface area contributed by atoms with Gasteiger partial charge < -0.3 is 0 Å². The molecule has 1 aromatic rings. The van der Waals surface area contributed by atoms with E-state index in [1.807, 2.05) is 0 Å². The lowest BCUT2D eigenvalue weighted by Gasteiger charge is -2.10. The smallest absolute Gasteiger partial charge is 0.268 e. The second kappa shape index (κ2) is 3.52. The molecule has 90 valence electrons. The van der Waals surface area contributed by atoms with Gasteiger partial charge in [-0.15, -0.1) is 0 Å². The average molecular weight is 256 g/mol. The van der Waals surface area contributed by atoms with Crippen molar-refractivity contribution in [3.05, 3.63) is 33.9 Å². The highest BCUT2D eigenvalue weighted by Gasteiger charge is 2.40. The molecule has 0 radical (unpaired) electrons. The molecule has 1 heterocycles. The lowest BCUT2D eigenvalue weighted by atomic mass is 10.2. The quantitative estimate of drug-likeness (QED) is 0.574. The summed E-state index contributed by atoms with van der Waals surface area (Å²) in [7, 11) is -3.83. The minimum Gasteiger partial charge on any atom is -0.268 e. The van der Waals surface area contributed by atoms with E-state index >= 15 is 0 Å². The summed E-state index contributed by atoms with van der Waals surface area (Å²) in [5.41, 5.74) is -0.439. The van der Waals surface area contributed by atoms with E-state index in [0.717, 1.165) is 18.2 Å². The molecule has 7 nitrogen and oxygen atoms in total. The summed E-state index contributed by atoms with van der Waals surface area (Å²) in [5.74, 6) is -0.716. The first-order chi connectivity index (χ1) is 7.89. The Hall–Kier alpha value is -1.96. The lowest BCUT2D eigenvalue weighted by Crippen LogP contribution is -2.29. The van der Waals surface area contributed by atoms with Crippen LogP contribution in [0.4, 0.5) is 5.69 Å². The average Bonchev–Trinajstić information content (AvgIpc) is 2.46. The Labute approximate surface area is 96.9 Å². The van der Waals surface area contributed by atoms with Crippen LogP contribution in [0.25, 0.3) is 0 Å². The van der Waals surface area contributed by atoms with Gasteiger partial charge in [-0.3, -0.25) is 14.9 Å². The van der Waals surface area contributed by atoms with Gasteiger partial charge in [0, 0.05) is 18.7 Å². The van der Waals surface area contributed by atoms with Crippen molar-refractivity contribution in [3.8, 4) is 0 Å². The number of benzene rings is 1. The lowest BCUT2D eigenvalue weighted by molar-refractivity contribution is -0.384. The minimum absolute atomic E-state index is 0.00362. The van der Waals surface area contributed by atoms with Crippen LogP contribution >= 0.6 is 0 Å². The predicted molar refractivity (Wildman–Crippen MR) is 57.0 cm³/mol. The van der Waals surface area contributed by atoms with E-state index in [0.29, 0.717) is 4.31 Å². The van der Waals surface area contributed by atoms with Crippen LogP contribution in [-0.4, -0.2) is 30.1 Å². The molecule has 0 N–H and O–H groups in total. The molecule has 0 atom stereocenters. The predicted octanol–water partition coefficient (Wildman–Crippen LogP) is 0.759. The van der Waals surface area contributed by atoms with Crippen LogP contribution < -0.4 is 0 Å². The fourth-order valence-electron chi connectivity index (χ4n) is 1.70. The Morgan fingerprint density at radius 3 is 2.59 bits per heavy atom. The van der Waals surface area contributed by atoms with Crippen molar-refractivity contribution >= 4 is 21.6 Å². The van der Waals surface area contributed by atoms with Crippen LogP contribution in [0.5, 0.6) is 0 Å². The van der Waals surface area contributed by atoms with Gasteiger partial charge in [0.2, 0.25) is 0 Å². The van der Waals surface area contributed by atoms with Gasteiger partial charge in [-0.2, -0.15) is 0 Å². The standard InChI is InChI=1S/C9H8N2O5S/c1-2-10-9(12)7-5-6(11(13)14)3-4-8(7)17(10,15)16/h3-5H,2H2,1H3. The molecule has 0 spiro atoms. The van der Waals surface area contributed by atoms with E-state index in [-0.39, 0.29) is 22.7 Å². The van der Waals surface area contributed by atoms with Crippen LogP contribution in [0.15, 0.2) is 23.1 Å². The summed E-state index contributed by atoms with van der Waals surface area (Å²) in [4.78, 5) is 21.5. The third kappa shape index (κ3) is 1.48. The molecular formula is C9H8N2O5S. The molecule has 0 aliphatic carbocycles. The monoisotopic (exact) mass is 256 g/mol. The number of hydrogen-bond acceptors (Lipinski definition) is 5. The number of sulfonamides is 1. The van der Waals surface area contributed by atoms with Crippen LogP contribution in [0.3, 0.4) is 0 Å². The van der Waals surface area contributed by atoms with Crippen molar-refractivity contribution in [3.63, 3.8) is 0 Å². The summed E-state index contributed by atoms with van der Waals surface area (Å²) in [6.45, 7) is 1.53. The van der Waals surface area contributed by atoms with Gasteiger partial charge in [0.15, 0.2) is 0 Å².